The minimum Gasteiger partial charge on any atom is -0.477 e. The number of rotatable bonds is 4. The summed E-state index contributed by atoms with van der Waals surface area (Å²) in [4.78, 5) is 32.5. The predicted molar refractivity (Wildman–Crippen MR) is 107 cm³/mol. The molecule has 0 amide bonds. The molecule has 1 saturated heterocycles. The van der Waals surface area contributed by atoms with Gasteiger partial charge in [-0.2, -0.15) is 5.26 Å². The van der Waals surface area contributed by atoms with E-state index in [-0.39, 0.29) is 5.56 Å². The Morgan fingerprint density at radius 3 is 2.62 bits per heavy atom. The Morgan fingerprint density at radius 2 is 1.97 bits per heavy atom. The molecule has 0 atom stereocenters. The normalized spacial score (nSPS) is 14.7. The van der Waals surface area contributed by atoms with E-state index in [1.807, 2.05) is 24.3 Å². The van der Waals surface area contributed by atoms with Gasteiger partial charge in [0.25, 0.3) is 5.56 Å². The van der Waals surface area contributed by atoms with Crippen molar-refractivity contribution in [1.82, 2.24) is 14.3 Å². The first-order valence-corrected chi connectivity index (χ1v) is 9.27. The van der Waals surface area contributed by atoms with Gasteiger partial charge in [-0.25, -0.2) is 9.78 Å². The molecular formula is C21H19N5O3. The Bertz CT molecular complexity index is 1160. The van der Waals surface area contributed by atoms with Crippen molar-refractivity contribution in [2.75, 3.05) is 31.1 Å². The molecule has 0 bridgehead atoms. The molecule has 8 nitrogen and oxygen atoms in total. The van der Waals surface area contributed by atoms with Crippen LogP contribution < -0.4 is 10.5 Å². The van der Waals surface area contributed by atoms with Crippen LogP contribution in [-0.4, -0.2) is 51.5 Å². The fourth-order valence-electron chi connectivity index (χ4n) is 3.65. The molecule has 4 rings (SSSR count). The van der Waals surface area contributed by atoms with Crippen LogP contribution in [0.3, 0.4) is 0 Å². The summed E-state index contributed by atoms with van der Waals surface area (Å²) in [5.74, 6) is -1.22. The summed E-state index contributed by atoms with van der Waals surface area (Å²) in [6.45, 7) is 3.74. The summed E-state index contributed by atoms with van der Waals surface area (Å²) in [6, 6.07) is 12.5. The molecule has 1 N–H and O–H groups in total. The lowest BCUT2D eigenvalue weighted by Gasteiger charge is -2.36. The highest BCUT2D eigenvalue weighted by molar-refractivity contribution is 5.88. The van der Waals surface area contributed by atoms with E-state index in [0.717, 1.165) is 42.9 Å². The van der Waals surface area contributed by atoms with Gasteiger partial charge < -0.3 is 10.0 Å². The monoisotopic (exact) mass is 389 g/mol. The van der Waals surface area contributed by atoms with Crippen molar-refractivity contribution in [3.8, 4) is 6.07 Å². The number of nitriles is 1. The van der Waals surface area contributed by atoms with Crippen LogP contribution >= 0.6 is 0 Å². The maximum absolute atomic E-state index is 12.4. The van der Waals surface area contributed by atoms with Gasteiger partial charge in [0.15, 0.2) is 0 Å². The molecule has 4 heterocycles. The zero-order chi connectivity index (χ0) is 20.4. The number of aromatic carboxylic acids is 1. The molecule has 1 aliphatic heterocycles. The zero-order valence-corrected chi connectivity index (χ0v) is 15.7. The quantitative estimate of drug-likeness (QED) is 0.723. The molecule has 3 aromatic rings. The van der Waals surface area contributed by atoms with E-state index in [0.29, 0.717) is 12.2 Å². The second kappa shape index (κ2) is 7.73. The average molecular weight is 389 g/mol. The molecule has 1 fully saturated rings. The van der Waals surface area contributed by atoms with Gasteiger partial charge in [0.2, 0.25) is 0 Å². The number of hydrogen-bond donors (Lipinski definition) is 1. The van der Waals surface area contributed by atoms with E-state index in [9.17, 15) is 14.7 Å². The van der Waals surface area contributed by atoms with E-state index < -0.39 is 11.5 Å². The Kier molecular flexibility index (Phi) is 4.97. The number of pyridine rings is 3. The van der Waals surface area contributed by atoms with Crippen LogP contribution in [0.25, 0.3) is 5.52 Å². The SMILES string of the molecule is N#Cc1ccc(N2CCN(Cc3cc(C(=O)O)c(=O)n4ccccc34)CC2)cn1. The predicted octanol–water partition coefficient (Wildman–Crippen LogP) is 1.59. The van der Waals surface area contributed by atoms with Gasteiger partial charge in [-0.15, -0.1) is 0 Å². The van der Waals surface area contributed by atoms with E-state index in [4.69, 9.17) is 5.26 Å². The standard InChI is InChI=1S/C21H19N5O3/c22-12-16-4-5-17(13-23-16)25-9-7-24(8-10-25)14-15-11-18(21(28)29)20(27)26-6-2-1-3-19(15)26/h1-6,11,13H,7-10,14H2,(H,28,29). The largest absolute Gasteiger partial charge is 0.477 e. The van der Waals surface area contributed by atoms with Crippen LogP contribution in [0.4, 0.5) is 5.69 Å². The molecule has 1 aliphatic rings. The lowest BCUT2D eigenvalue weighted by Crippen LogP contribution is -2.46. The van der Waals surface area contributed by atoms with Crippen molar-refractivity contribution in [1.29, 1.82) is 5.26 Å². The van der Waals surface area contributed by atoms with Gasteiger partial charge in [-0.05, 0) is 35.9 Å². The lowest BCUT2D eigenvalue weighted by atomic mass is 10.1. The Balaban J connectivity index is 1.53. The van der Waals surface area contributed by atoms with Crippen molar-refractivity contribution >= 4 is 17.2 Å². The lowest BCUT2D eigenvalue weighted by molar-refractivity contribution is 0.0694. The second-order valence-electron chi connectivity index (χ2n) is 6.93. The summed E-state index contributed by atoms with van der Waals surface area (Å²) < 4.78 is 1.40. The Morgan fingerprint density at radius 1 is 1.17 bits per heavy atom. The molecule has 0 radical (unpaired) electrons. The molecule has 29 heavy (non-hydrogen) atoms. The summed E-state index contributed by atoms with van der Waals surface area (Å²) in [6.07, 6.45) is 3.31. The van der Waals surface area contributed by atoms with E-state index in [2.05, 4.69) is 14.8 Å². The molecule has 8 heteroatoms. The Labute approximate surface area is 166 Å². The van der Waals surface area contributed by atoms with E-state index in [1.165, 1.54) is 10.5 Å². The van der Waals surface area contributed by atoms with Crippen molar-refractivity contribution in [3.05, 3.63) is 76.0 Å². The van der Waals surface area contributed by atoms with Crippen molar-refractivity contribution in [3.63, 3.8) is 0 Å². The highest BCUT2D eigenvalue weighted by atomic mass is 16.4. The van der Waals surface area contributed by atoms with Gasteiger partial charge in [-0.1, -0.05) is 6.07 Å². The fraction of sp³-hybridized carbons (Fsp3) is 0.238. The van der Waals surface area contributed by atoms with Crippen LogP contribution in [0.2, 0.25) is 0 Å². The first kappa shape index (κ1) is 18.7. The number of piperazine rings is 1. The fourth-order valence-corrected chi connectivity index (χ4v) is 3.65. The van der Waals surface area contributed by atoms with E-state index in [1.54, 1.807) is 24.5 Å². The highest BCUT2D eigenvalue weighted by Gasteiger charge is 2.20. The number of carboxylic acid groups (broad SMARTS) is 1. The maximum atomic E-state index is 12.4. The van der Waals surface area contributed by atoms with Crippen LogP contribution in [0, 0.1) is 11.3 Å². The van der Waals surface area contributed by atoms with Crippen LogP contribution in [0.1, 0.15) is 21.6 Å². The minimum absolute atomic E-state index is 0.217. The van der Waals surface area contributed by atoms with Gasteiger partial charge >= 0.3 is 5.97 Å². The summed E-state index contributed by atoms with van der Waals surface area (Å²) in [5, 5.41) is 18.3. The summed E-state index contributed by atoms with van der Waals surface area (Å²) in [7, 11) is 0. The zero-order valence-electron chi connectivity index (χ0n) is 15.7. The number of carboxylic acids is 1. The highest BCUT2D eigenvalue weighted by Crippen LogP contribution is 2.18. The molecule has 0 spiro atoms. The number of nitrogens with zero attached hydrogens (tertiary/aromatic N) is 5. The molecular weight excluding hydrogens is 370 g/mol. The van der Waals surface area contributed by atoms with Crippen molar-refractivity contribution in [2.45, 2.75) is 6.54 Å². The number of hydrogen-bond acceptors (Lipinski definition) is 6. The average Bonchev–Trinajstić information content (AvgIpc) is 2.76. The molecule has 3 aromatic heterocycles. The topological polar surface area (TPSA) is 102 Å². The third-order valence-electron chi connectivity index (χ3n) is 5.18. The van der Waals surface area contributed by atoms with Crippen LogP contribution in [0.5, 0.6) is 0 Å². The third kappa shape index (κ3) is 3.68. The molecule has 0 saturated carbocycles. The second-order valence-corrected chi connectivity index (χ2v) is 6.93. The van der Waals surface area contributed by atoms with Gasteiger partial charge in [0.05, 0.1) is 17.4 Å². The molecule has 0 aliphatic carbocycles. The number of aromatic nitrogens is 2. The summed E-state index contributed by atoms with van der Waals surface area (Å²) in [5.41, 5.74) is 2.18. The van der Waals surface area contributed by atoms with E-state index >= 15 is 0 Å². The van der Waals surface area contributed by atoms with Gasteiger partial charge in [-0.3, -0.25) is 14.1 Å². The number of anilines is 1. The summed E-state index contributed by atoms with van der Waals surface area (Å²) >= 11 is 0. The first-order chi connectivity index (χ1) is 14.1. The third-order valence-corrected chi connectivity index (χ3v) is 5.18. The maximum Gasteiger partial charge on any atom is 0.341 e. The van der Waals surface area contributed by atoms with Gasteiger partial charge in [0, 0.05) is 38.9 Å². The number of carbonyl (C=O) groups is 1. The first-order valence-electron chi connectivity index (χ1n) is 9.27. The molecule has 0 unspecified atom stereocenters. The van der Waals surface area contributed by atoms with Crippen molar-refractivity contribution in [2.24, 2.45) is 0 Å². The molecule has 0 aromatic carbocycles. The van der Waals surface area contributed by atoms with Crippen molar-refractivity contribution < 1.29 is 9.90 Å². The van der Waals surface area contributed by atoms with Gasteiger partial charge in [0.1, 0.15) is 17.3 Å². The smallest absolute Gasteiger partial charge is 0.341 e. The van der Waals surface area contributed by atoms with Crippen LogP contribution in [-0.2, 0) is 6.54 Å². The Hall–Kier alpha value is -3.70. The number of fused-ring (bicyclic) bond motifs is 1. The minimum atomic E-state index is -1.22. The molecule has 146 valence electrons. The van der Waals surface area contributed by atoms with Crippen LogP contribution in [0.15, 0.2) is 53.6 Å².